The number of hydrogen-bond donors (Lipinski definition) is 2. The van der Waals surface area contributed by atoms with Gasteiger partial charge in [-0.05, 0) is 23.3 Å². The lowest BCUT2D eigenvalue weighted by Crippen LogP contribution is -2.47. The van der Waals surface area contributed by atoms with Crippen LogP contribution in [0.2, 0.25) is 0 Å². The molecule has 1 aliphatic rings. The van der Waals surface area contributed by atoms with Crippen molar-refractivity contribution in [2.75, 3.05) is 13.9 Å². The SMILES string of the molecule is COC(=O)C(Cc1ccccc1)NC(=O)NCc1ccc2c(c1)OCO2. The van der Waals surface area contributed by atoms with E-state index in [4.69, 9.17) is 14.2 Å². The van der Waals surface area contributed by atoms with Gasteiger partial charge in [-0.25, -0.2) is 9.59 Å². The smallest absolute Gasteiger partial charge is 0.328 e. The third-order valence-corrected chi connectivity index (χ3v) is 3.96. The van der Waals surface area contributed by atoms with Crippen molar-refractivity contribution in [1.29, 1.82) is 0 Å². The quantitative estimate of drug-likeness (QED) is 0.773. The average Bonchev–Trinajstić information content (AvgIpc) is 3.14. The lowest BCUT2D eigenvalue weighted by molar-refractivity contribution is -0.142. The number of amides is 2. The van der Waals surface area contributed by atoms with Crippen LogP contribution in [0.15, 0.2) is 48.5 Å². The van der Waals surface area contributed by atoms with Gasteiger partial charge in [-0.1, -0.05) is 36.4 Å². The maximum Gasteiger partial charge on any atom is 0.328 e. The molecule has 136 valence electrons. The number of urea groups is 1. The van der Waals surface area contributed by atoms with E-state index in [1.54, 1.807) is 6.07 Å². The van der Waals surface area contributed by atoms with Gasteiger partial charge in [0, 0.05) is 13.0 Å². The number of benzene rings is 2. The van der Waals surface area contributed by atoms with Gasteiger partial charge in [0.25, 0.3) is 0 Å². The number of methoxy groups -OCH3 is 1. The summed E-state index contributed by atoms with van der Waals surface area (Å²) in [5.41, 5.74) is 1.79. The van der Waals surface area contributed by atoms with E-state index in [0.29, 0.717) is 24.5 Å². The van der Waals surface area contributed by atoms with Crippen molar-refractivity contribution in [1.82, 2.24) is 10.6 Å². The Balaban J connectivity index is 1.56. The average molecular weight is 356 g/mol. The Morgan fingerprint density at radius 3 is 2.62 bits per heavy atom. The van der Waals surface area contributed by atoms with E-state index in [1.165, 1.54) is 7.11 Å². The van der Waals surface area contributed by atoms with Crippen molar-refractivity contribution in [2.45, 2.75) is 19.0 Å². The zero-order chi connectivity index (χ0) is 18.4. The van der Waals surface area contributed by atoms with Crippen LogP contribution in [-0.2, 0) is 22.5 Å². The summed E-state index contributed by atoms with van der Waals surface area (Å²) >= 11 is 0. The fraction of sp³-hybridized carbons (Fsp3) is 0.263. The molecule has 2 amide bonds. The fourth-order valence-electron chi connectivity index (χ4n) is 2.63. The third kappa shape index (κ3) is 4.44. The summed E-state index contributed by atoms with van der Waals surface area (Å²) in [6.07, 6.45) is 0.352. The first kappa shape index (κ1) is 17.6. The lowest BCUT2D eigenvalue weighted by Gasteiger charge is -2.17. The first-order valence-electron chi connectivity index (χ1n) is 8.20. The van der Waals surface area contributed by atoms with Gasteiger partial charge < -0.3 is 24.8 Å². The number of rotatable bonds is 6. The number of ether oxygens (including phenoxy) is 3. The molecule has 2 N–H and O–H groups in total. The van der Waals surface area contributed by atoms with Gasteiger partial charge in [-0.3, -0.25) is 0 Å². The molecule has 3 rings (SSSR count). The maximum atomic E-state index is 12.2. The molecule has 0 spiro atoms. The van der Waals surface area contributed by atoms with Crippen molar-refractivity contribution >= 4 is 12.0 Å². The highest BCUT2D eigenvalue weighted by Crippen LogP contribution is 2.32. The minimum absolute atomic E-state index is 0.201. The Bertz CT molecular complexity index is 779. The molecular formula is C19H20N2O5. The largest absolute Gasteiger partial charge is 0.467 e. The monoisotopic (exact) mass is 356 g/mol. The van der Waals surface area contributed by atoms with Gasteiger partial charge in [-0.2, -0.15) is 0 Å². The molecule has 1 unspecified atom stereocenters. The number of esters is 1. The van der Waals surface area contributed by atoms with Crippen molar-refractivity contribution < 1.29 is 23.8 Å². The summed E-state index contributed by atoms with van der Waals surface area (Å²) in [7, 11) is 1.30. The van der Waals surface area contributed by atoms with Gasteiger partial charge in [0.1, 0.15) is 6.04 Å². The van der Waals surface area contributed by atoms with Crippen LogP contribution in [0.1, 0.15) is 11.1 Å². The fourth-order valence-corrected chi connectivity index (χ4v) is 2.63. The second-order valence-corrected chi connectivity index (χ2v) is 5.78. The van der Waals surface area contributed by atoms with Crippen molar-refractivity contribution in [3.05, 3.63) is 59.7 Å². The normalized spacial score (nSPS) is 13.0. The molecule has 2 aromatic rings. The molecule has 0 aliphatic carbocycles. The summed E-state index contributed by atoms with van der Waals surface area (Å²) < 4.78 is 15.4. The van der Waals surface area contributed by atoms with E-state index in [-0.39, 0.29) is 6.79 Å². The highest BCUT2D eigenvalue weighted by Gasteiger charge is 2.22. The molecule has 7 heteroatoms. The van der Waals surface area contributed by atoms with Crippen LogP contribution >= 0.6 is 0 Å². The molecule has 0 saturated carbocycles. The Morgan fingerprint density at radius 1 is 1.08 bits per heavy atom. The topological polar surface area (TPSA) is 85.9 Å². The molecule has 0 bridgehead atoms. The number of fused-ring (bicyclic) bond motifs is 1. The first-order valence-corrected chi connectivity index (χ1v) is 8.20. The zero-order valence-corrected chi connectivity index (χ0v) is 14.4. The van der Waals surface area contributed by atoms with E-state index in [0.717, 1.165) is 11.1 Å². The van der Waals surface area contributed by atoms with Crippen LogP contribution in [-0.4, -0.2) is 31.9 Å². The van der Waals surface area contributed by atoms with Gasteiger partial charge in [0.05, 0.1) is 7.11 Å². The number of carbonyl (C=O) groups excluding carboxylic acids is 2. The Morgan fingerprint density at radius 2 is 1.85 bits per heavy atom. The first-order chi connectivity index (χ1) is 12.7. The predicted octanol–water partition coefficient (Wildman–Crippen LogP) is 2.00. The van der Waals surface area contributed by atoms with E-state index in [1.807, 2.05) is 42.5 Å². The predicted molar refractivity (Wildman–Crippen MR) is 93.9 cm³/mol. The van der Waals surface area contributed by atoms with Crippen LogP contribution in [0.25, 0.3) is 0 Å². The summed E-state index contributed by atoms with van der Waals surface area (Å²) in [6.45, 7) is 0.495. The molecule has 1 aliphatic heterocycles. The number of nitrogens with one attached hydrogen (secondary N) is 2. The zero-order valence-electron chi connectivity index (χ0n) is 14.4. The Labute approximate surface area is 151 Å². The van der Waals surface area contributed by atoms with Crippen molar-refractivity contribution in [3.8, 4) is 11.5 Å². The van der Waals surface area contributed by atoms with Gasteiger partial charge in [-0.15, -0.1) is 0 Å². The van der Waals surface area contributed by atoms with E-state index < -0.39 is 18.0 Å². The Kier molecular flexibility index (Phi) is 5.58. The summed E-state index contributed by atoms with van der Waals surface area (Å²) in [5.74, 6) is 0.847. The van der Waals surface area contributed by atoms with Crippen LogP contribution in [0.3, 0.4) is 0 Å². The summed E-state index contributed by atoms with van der Waals surface area (Å²) in [5, 5.41) is 5.39. The summed E-state index contributed by atoms with van der Waals surface area (Å²) in [4.78, 5) is 24.1. The molecule has 0 aromatic heterocycles. The molecule has 1 heterocycles. The maximum absolute atomic E-state index is 12.2. The highest BCUT2D eigenvalue weighted by molar-refractivity contribution is 5.83. The minimum Gasteiger partial charge on any atom is -0.467 e. The molecule has 0 saturated heterocycles. The molecule has 2 aromatic carbocycles. The van der Waals surface area contributed by atoms with E-state index in [9.17, 15) is 9.59 Å². The molecule has 0 radical (unpaired) electrons. The van der Waals surface area contributed by atoms with Crippen molar-refractivity contribution in [2.24, 2.45) is 0 Å². The lowest BCUT2D eigenvalue weighted by atomic mass is 10.1. The second-order valence-electron chi connectivity index (χ2n) is 5.78. The van der Waals surface area contributed by atoms with Crippen molar-refractivity contribution in [3.63, 3.8) is 0 Å². The van der Waals surface area contributed by atoms with Gasteiger partial charge >= 0.3 is 12.0 Å². The van der Waals surface area contributed by atoms with Gasteiger partial charge in [0.2, 0.25) is 6.79 Å². The number of carbonyl (C=O) groups is 2. The third-order valence-electron chi connectivity index (χ3n) is 3.96. The molecule has 1 atom stereocenters. The van der Waals surface area contributed by atoms with E-state index in [2.05, 4.69) is 10.6 Å². The summed E-state index contributed by atoms with van der Waals surface area (Å²) in [6, 6.07) is 13.7. The van der Waals surface area contributed by atoms with Crippen LogP contribution < -0.4 is 20.1 Å². The van der Waals surface area contributed by atoms with Crippen LogP contribution in [0.4, 0.5) is 4.79 Å². The van der Waals surface area contributed by atoms with Crippen LogP contribution in [0, 0.1) is 0 Å². The molecule has 0 fully saturated rings. The Hall–Kier alpha value is -3.22. The van der Waals surface area contributed by atoms with Crippen LogP contribution in [0.5, 0.6) is 11.5 Å². The second kappa shape index (κ2) is 8.24. The van der Waals surface area contributed by atoms with E-state index >= 15 is 0 Å². The number of hydrogen-bond acceptors (Lipinski definition) is 5. The van der Waals surface area contributed by atoms with Gasteiger partial charge in [0.15, 0.2) is 11.5 Å². The standard InChI is InChI=1S/C19H20N2O5/c1-24-18(22)15(9-13-5-3-2-4-6-13)21-19(23)20-11-14-7-8-16-17(10-14)26-12-25-16/h2-8,10,15H,9,11-12H2,1H3,(H2,20,21,23). The minimum atomic E-state index is -0.765. The molecule has 26 heavy (non-hydrogen) atoms. The highest BCUT2D eigenvalue weighted by atomic mass is 16.7. The molecular weight excluding hydrogens is 336 g/mol. The molecule has 7 nitrogen and oxygen atoms in total.